The molecular weight excluding hydrogens is 378 g/mol. The highest BCUT2D eigenvalue weighted by atomic mass is 16.6. The van der Waals surface area contributed by atoms with E-state index in [0.29, 0.717) is 6.61 Å². The third-order valence-corrected chi connectivity index (χ3v) is 4.75. The molecule has 0 saturated carbocycles. The number of benzene rings is 2. The largest absolute Gasteiger partial charge is 0.489 e. The van der Waals surface area contributed by atoms with E-state index >= 15 is 0 Å². The van der Waals surface area contributed by atoms with E-state index in [2.05, 4.69) is 6.92 Å². The SMILES string of the molecule is CCC[C@@H](C)N(C[C@H](O)c1ccc(OCc2ccccc2)cc1)C(=O)OC(C)(C)C. The molecule has 2 atom stereocenters. The van der Waals surface area contributed by atoms with Crippen LogP contribution in [0.3, 0.4) is 0 Å². The van der Waals surface area contributed by atoms with Crippen molar-refractivity contribution >= 4 is 6.09 Å². The number of nitrogens with zero attached hydrogens (tertiary/aromatic N) is 1. The Kier molecular flexibility index (Phi) is 8.72. The lowest BCUT2D eigenvalue weighted by atomic mass is 10.1. The maximum absolute atomic E-state index is 12.7. The normalized spacial score (nSPS) is 13.4. The number of ether oxygens (including phenoxy) is 2. The number of aliphatic hydroxyl groups excluding tert-OH is 1. The second-order valence-electron chi connectivity index (χ2n) is 8.63. The predicted octanol–water partition coefficient (Wildman–Crippen LogP) is 5.72. The molecule has 5 heteroatoms. The number of hydrogen-bond donors (Lipinski definition) is 1. The Morgan fingerprint density at radius 2 is 1.70 bits per heavy atom. The van der Waals surface area contributed by atoms with Crippen molar-refractivity contribution in [3.63, 3.8) is 0 Å². The van der Waals surface area contributed by atoms with Gasteiger partial charge in [0.2, 0.25) is 0 Å². The number of carbonyl (C=O) groups is 1. The van der Waals surface area contributed by atoms with E-state index < -0.39 is 17.8 Å². The molecule has 0 aliphatic carbocycles. The Morgan fingerprint density at radius 1 is 1.07 bits per heavy atom. The maximum atomic E-state index is 12.7. The van der Waals surface area contributed by atoms with Crippen molar-refractivity contribution in [3.05, 3.63) is 65.7 Å². The topological polar surface area (TPSA) is 59.0 Å². The van der Waals surface area contributed by atoms with Crippen molar-refractivity contribution in [2.45, 2.75) is 71.8 Å². The van der Waals surface area contributed by atoms with Crippen LogP contribution >= 0.6 is 0 Å². The lowest BCUT2D eigenvalue weighted by Crippen LogP contribution is -2.44. The molecule has 0 bridgehead atoms. The summed E-state index contributed by atoms with van der Waals surface area (Å²) in [7, 11) is 0. The van der Waals surface area contributed by atoms with E-state index in [1.165, 1.54) is 0 Å². The molecule has 0 saturated heterocycles. The number of aliphatic hydroxyl groups is 1. The van der Waals surface area contributed by atoms with Crippen LogP contribution in [0.15, 0.2) is 54.6 Å². The first-order valence-electron chi connectivity index (χ1n) is 10.6. The highest BCUT2D eigenvalue weighted by Gasteiger charge is 2.28. The van der Waals surface area contributed by atoms with E-state index in [-0.39, 0.29) is 12.6 Å². The van der Waals surface area contributed by atoms with E-state index in [0.717, 1.165) is 29.7 Å². The Morgan fingerprint density at radius 3 is 2.27 bits per heavy atom. The molecule has 2 rings (SSSR count). The summed E-state index contributed by atoms with van der Waals surface area (Å²) < 4.78 is 11.4. The third-order valence-electron chi connectivity index (χ3n) is 4.75. The number of rotatable bonds is 9. The van der Waals surface area contributed by atoms with Gasteiger partial charge in [-0.1, -0.05) is 55.8 Å². The second-order valence-corrected chi connectivity index (χ2v) is 8.63. The maximum Gasteiger partial charge on any atom is 0.410 e. The minimum Gasteiger partial charge on any atom is -0.489 e. The fourth-order valence-corrected chi connectivity index (χ4v) is 3.15. The van der Waals surface area contributed by atoms with Crippen LogP contribution in [-0.2, 0) is 11.3 Å². The van der Waals surface area contributed by atoms with Gasteiger partial charge >= 0.3 is 6.09 Å². The van der Waals surface area contributed by atoms with E-state index in [1.54, 1.807) is 4.90 Å². The van der Waals surface area contributed by atoms with Gasteiger partial charge in [0.1, 0.15) is 18.0 Å². The Labute approximate surface area is 180 Å². The van der Waals surface area contributed by atoms with Crippen molar-refractivity contribution < 1.29 is 19.4 Å². The zero-order valence-electron chi connectivity index (χ0n) is 18.8. The molecule has 0 radical (unpaired) electrons. The van der Waals surface area contributed by atoms with Gasteiger partial charge in [0.25, 0.3) is 0 Å². The van der Waals surface area contributed by atoms with Crippen molar-refractivity contribution in [3.8, 4) is 5.75 Å². The van der Waals surface area contributed by atoms with Crippen LogP contribution < -0.4 is 4.74 Å². The van der Waals surface area contributed by atoms with E-state index in [9.17, 15) is 9.90 Å². The van der Waals surface area contributed by atoms with E-state index in [4.69, 9.17) is 9.47 Å². The first kappa shape index (κ1) is 23.7. The summed E-state index contributed by atoms with van der Waals surface area (Å²) in [6.45, 7) is 10.3. The molecular formula is C25H35NO4. The van der Waals surface area contributed by atoms with Gasteiger partial charge in [-0.25, -0.2) is 4.79 Å². The lowest BCUT2D eigenvalue weighted by Gasteiger charge is -2.33. The molecule has 0 fully saturated rings. The van der Waals surface area contributed by atoms with Gasteiger partial charge in [0.05, 0.1) is 12.6 Å². The smallest absolute Gasteiger partial charge is 0.410 e. The summed E-state index contributed by atoms with van der Waals surface area (Å²) in [5.41, 5.74) is 1.25. The fraction of sp³-hybridized carbons (Fsp3) is 0.480. The monoisotopic (exact) mass is 413 g/mol. The van der Waals surface area contributed by atoms with Crippen LogP contribution in [0.25, 0.3) is 0 Å². The lowest BCUT2D eigenvalue weighted by molar-refractivity contribution is 0.00451. The summed E-state index contributed by atoms with van der Waals surface area (Å²) in [5, 5.41) is 10.8. The quantitative estimate of drug-likeness (QED) is 0.571. The van der Waals surface area contributed by atoms with Crippen LogP contribution in [0.5, 0.6) is 5.75 Å². The third kappa shape index (κ3) is 7.71. The second kappa shape index (κ2) is 11.0. The molecule has 0 heterocycles. The van der Waals surface area contributed by atoms with Gasteiger partial charge in [0.15, 0.2) is 0 Å². The minimum atomic E-state index is -0.806. The van der Waals surface area contributed by atoms with Gasteiger partial charge in [-0.3, -0.25) is 0 Å². The van der Waals surface area contributed by atoms with Crippen LogP contribution in [0.2, 0.25) is 0 Å². The summed E-state index contributed by atoms with van der Waals surface area (Å²) in [6, 6.07) is 17.3. The molecule has 30 heavy (non-hydrogen) atoms. The molecule has 0 unspecified atom stereocenters. The molecule has 0 aliphatic rings. The van der Waals surface area contributed by atoms with E-state index in [1.807, 2.05) is 82.3 Å². The van der Waals surface area contributed by atoms with Crippen molar-refractivity contribution in [1.29, 1.82) is 0 Å². The summed E-state index contributed by atoms with van der Waals surface area (Å²) in [5.74, 6) is 0.734. The van der Waals surface area contributed by atoms with Crippen LogP contribution in [0, 0.1) is 0 Å². The van der Waals surface area contributed by atoms with Crippen LogP contribution in [0.4, 0.5) is 4.79 Å². The first-order chi connectivity index (χ1) is 14.2. The molecule has 0 aliphatic heterocycles. The van der Waals surface area contributed by atoms with Gasteiger partial charge in [-0.15, -0.1) is 0 Å². The molecule has 0 spiro atoms. The molecule has 1 amide bonds. The first-order valence-corrected chi connectivity index (χ1v) is 10.6. The zero-order valence-corrected chi connectivity index (χ0v) is 18.8. The average molecular weight is 414 g/mol. The molecule has 2 aromatic rings. The highest BCUT2D eigenvalue weighted by molar-refractivity contribution is 5.68. The molecule has 0 aromatic heterocycles. The summed E-state index contributed by atoms with van der Waals surface area (Å²) >= 11 is 0. The summed E-state index contributed by atoms with van der Waals surface area (Å²) in [4.78, 5) is 14.3. The Hall–Kier alpha value is -2.53. The standard InChI is InChI=1S/C25H35NO4/c1-6-10-19(2)26(24(28)30-25(3,4)5)17-23(27)21-13-15-22(16-14-21)29-18-20-11-8-7-9-12-20/h7-9,11-16,19,23,27H,6,10,17-18H2,1-5H3/t19-,23+/m1/s1. The van der Waals surface area contributed by atoms with Crippen molar-refractivity contribution in [2.75, 3.05) is 6.54 Å². The van der Waals surface area contributed by atoms with Crippen molar-refractivity contribution in [1.82, 2.24) is 4.90 Å². The van der Waals surface area contributed by atoms with Gasteiger partial charge in [-0.05, 0) is 57.4 Å². The zero-order chi connectivity index (χ0) is 22.1. The van der Waals surface area contributed by atoms with Gasteiger partial charge < -0.3 is 19.5 Å². The minimum absolute atomic E-state index is 0.0204. The van der Waals surface area contributed by atoms with Crippen LogP contribution in [-0.4, -0.2) is 34.3 Å². The van der Waals surface area contributed by atoms with Gasteiger partial charge in [0, 0.05) is 6.04 Å². The number of carbonyl (C=O) groups excluding carboxylic acids is 1. The predicted molar refractivity (Wildman–Crippen MR) is 119 cm³/mol. The van der Waals surface area contributed by atoms with Crippen LogP contribution in [0.1, 0.15) is 64.7 Å². The number of amides is 1. The van der Waals surface area contributed by atoms with Gasteiger partial charge in [-0.2, -0.15) is 0 Å². The molecule has 164 valence electrons. The summed E-state index contributed by atoms with van der Waals surface area (Å²) in [6.07, 6.45) is 0.590. The molecule has 2 aromatic carbocycles. The van der Waals surface area contributed by atoms with Crippen molar-refractivity contribution in [2.24, 2.45) is 0 Å². The Bertz CT molecular complexity index is 768. The molecule has 5 nitrogen and oxygen atoms in total. The Balaban J connectivity index is 2.01. The molecule has 1 N–H and O–H groups in total. The number of hydrogen-bond acceptors (Lipinski definition) is 4. The fourth-order valence-electron chi connectivity index (χ4n) is 3.15. The highest BCUT2D eigenvalue weighted by Crippen LogP contribution is 2.22. The average Bonchev–Trinajstić information content (AvgIpc) is 2.70.